The summed E-state index contributed by atoms with van der Waals surface area (Å²) in [5.41, 5.74) is 0.353. The highest BCUT2D eigenvalue weighted by molar-refractivity contribution is 6.53. The maximum absolute atomic E-state index is 14.7. The Bertz CT molecular complexity index is 666. The van der Waals surface area contributed by atoms with Gasteiger partial charge in [-0.25, -0.2) is 4.39 Å². The Labute approximate surface area is 143 Å². The molecule has 0 N–H and O–H groups in total. The van der Waals surface area contributed by atoms with Crippen molar-refractivity contribution in [2.24, 2.45) is 0 Å². The Kier molecular flexibility index (Phi) is 4.06. The second-order valence-corrected chi connectivity index (χ2v) is 7.75. The third-order valence-corrected chi connectivity index (χ3v) is 4.83. The van der Waals surface area contributed by atoms with Gasteiger partial charge in [0, 0.05) is 25.0 Å². The van der Waals surface area contributed by atoms with E-state index in [4.69, 9.17) is 18.8 Å². The molecule has 1 saturated heterocycles. The first kappa shape index (κ1) is 17.5. The number of fused-ring (bicyclic) bond motifs is 1. The van der Waals surface area contributed by atoms with Gasteiger partial charge in [-0.1, -0.05) is 12.1 Å². The lowest BCUT2D eigenvalue weighted by atomic mass is 9.88. The molecule has 0 amide bonds. The summed E-state index contributed by atoms with van der Waals surface area (Å²) in [5.74, 6) is 0.894. The zero-order valence-electron chi connectivity index (χ0n) is 15.1. The van der Waals surface area contributed by atoms with E-state index in [1.54, 1.807) is 12.1 Å². The minimum atomic E-state index is -0.716. The molecular formula is C18H24BFO4. The van der Waals surface area contributed by atoms with E-state index in [1.165, 1.54) is 5.98 Å². The lowest BCUT2D eigenvalue weighted by Crippen LogP contribution is -2.41. The fraction of sp³-hybridized carbons (Fsp3) is 0.556. The molecule has 2 heterocycles. The Morgan fingerprint density at radius 2 is 1.71 bits per heavy atom. The number of hydrogen-bond donors (Lipinski definition) is 0. The third-order valence-electron chi connectivity index (χ3n) is 4.83. The maximum Gasteiger partial charge on any atom is 0.490 e. The van der Waals surface area contributed by atoms with Crippen molar-refractivity contribution in [2.75, 3.05) is 0 Å². The van der Waals surface area contributed by atoms with E-state index < -0.39 is 29.9 Å². The second-order valence-electron chi connectivity index (χ2n) is 7.75. The monoisotopic (exact) mass is 334 g/mol. The van der Waals surface area contributed by atoms with E-state index in [2.05, 4.69) is 0 Å². The molecule has 2 aliphatic heterocycles. The van der Waals surface area contributed by atoms with Gasteiger partial charge in [-0.15, -0.1) is 0 Å². The van der Waals surface area contributed by atoms with Crippen molar-refractivity contribution in [1.29, 1.82) is 0 Å². The Morgan fingerprint density at radius 3 is 2.33 bits per heavy atom. The van der Waals surface area contributed by atoms with Crippen LogP contribution < -0.4 is 4.74 Å². The van der Waals surface area contributed by atoms with Crippen molar-refractivity contribution < 1.29 is 23.2 Å². The molecule has 6 heteroatoms. The quantitative estimate of drug-likeness (QED) is 0.757. The van der Waals surface area contributed by atoms with Crippen molar-refractivity contribution in [3.05, 3.63) is 35.3 Å². The van der Waals surface area contributed by atoms with Gasteiger partial charge in [0.15, 0.2) is 0 Å². The van der Waals surface area contributed by atoms with Crippen LogP contribution in [0.15, 0.2) is 24.2 Å². The van der Waals surface area contributed by atoms with Gasteiger partial charge in [0.1, 0.15) is 11.6 Å². The predicted octanol–water partition coefficient (Wildman–Crippen LogP) is 4.27. The SMILES string of the molecule is CC1(C)OCc2ccc(/C(F)=C/B3OC(C)(C)C(C)(C)O3)cc2O1. The number of hydrogen-bond acceptors (Lipinski definition) is 4. The molecule has 3 rings (SSSR count). The van der Waals surface area contributed by atoms with Crippen molar-refractivity contribution >= 4 is 12.9 Å². The molecule has 1 fully saturated rings. The first-order chi connectivity index (χ1) is 11.0. The van der Waals surface area contributed by atoms with Gasteiger partial charge < -0.3 is 18.8 Å². The van der Waals surface area contributed by atoms with E-state index in [9.17, 15) is 4.39 Å². The zero-order chi connectivity index (χ0) is 17.8. The highest BCUT2D eigenvalue weighted by Crippen LogP contribution is 2.38. The summed E-state index contributed by atoms with van der Waals surface area (Å²) >= 11 is 0. The second kappa shape index (κ2) is 5.58. The van der Waals surface area contributed by atoms with Crippen molar-refractivity contribution in [3.8, 4) is 5.75 Å². The molecule has 0 saturated carbocycles. The molecule has 24 heavy (non-hydrogen) atoms. The lowest BCUT2D eigenvalue weighted by molar-refractivity contribution is -0.180. The number of rotatable bonds is 2. The summed E-state index contributed by atoms with van der Waals surface area (Å²) in [6.07, 6.45) is 0. The van der Waals surface area contributed by atoms with Gasteiger partial charge in [0.05, 0.1) is 17.8 Å². The van der Waals surface area contributed by atoms with Crippen LogP contribution in [0.4, 0.5) is 4.39 Å². The van der Waals surface area contributed by atoms with Crippen molar-refractivity contribution in [3.63, 3.8) is 0 Å². The molecule has 0 unspecified atom stereocenters. The zero-order valence-corrected chi connectivity index (χ0v) is 15.1. The number of benzene rings is 1. The Balaban J connectivity index is 1.83. The van der Waals surface area contributed by atoms with Crippen LogP contribution in [0.1, 0.15) is 52.7 Å². The summed E-state index contributed by atoms with van der Waals surface area (Å²) in [5, 5.41) is 0. The van der Waals surface area contributed by atoms with Crippen LogP contribution in [0, 0.1) is 0 Å². The average Bonchev–Trinajstić information content (AvgIpc) is 2.64. The van der Waals surface area contributed by atoms with Gasteiger partial charge >= 0.3 is 7.12 Å². The van der Waals surface area contributed by atoms with Gasteiger partial charge in [-0.3, -0.25) is 0 Å². The predicted molar refractivity (Wildman–Crippen MR) is 91.1 cm³/mol. The third kappa shape index (κ3) is 3.23. The molecule has 0 spiro atoms. The minimum absolute atomic E-state index is 0.399. The first-order valence-corrected chi connectivity index (χ1v) is 8.18. The van der Waals surface area contributed by atoms with Gasteiger partial charge in [-0.2, -0.15) is 0 Å². The summed E-state index contributed by atoms with van der Waals surface area (Å²) < 4.78 is 37.6. The largest absolute Gasteiger partial charge is 0.490 e. The van der Waals surface area contributed by atoms with Crippen LogP contribution in [-0.4, -0.2) is 24.1 Å². The maximum atomic E-state index is 14.7. The van der Waals surface area contributed by atoms with E-state index in [0.717, 1.165) is 5.56 Å². The topological polar surface area (TPSA) is 36.9 Å². The van der Waals surface area contributed by atoms with Gasteiger partial charge in [-0.05, 0) is 39.7 Å². The fourth-order valence-electron chi connectivity index (χ4n) is 2.64. The highest BCUT2D eigenvalue weighted by Gasteiger charge is 2.50. The average molecular weight is 334 g/mol. The molecule has 2 aliphatic rings. The minimum Gasteiger partial charge on any atom is -0.463 e. The Morgan fingerprint density at radius 1 is 1.08 bits per heavy atom. The fourth-order valence-corrected chi connectivity index (χ4v) is 2.64. The first-order valence-electron chi connectivity index (χ1n) is 8.18. The molecule has 0 aromatic heterocycles. The molecule has 0 radical (unpaired) electrons. The summed E-state index contributed by atoms with van der Waals surface area (Å²) in [7, 11) is -0.716. The number of halogens is 1. The molecule has 0 aliphatic carbocycles. The van der Waals surface area contributed by atoms with Crippen molar-refractivity contribution in [2.45, 2.75) is 65.1 Å². The molecule has 1 aromatic carbocycles. The molecule has 0 bridgehead atoms. The van der Waals surface area contributed by atoms with Crippen LogP contribution >= 0.6 is 0 Å². The van der Waals surface area contributed by atoms with Crippen LogP contribution in [-0.2, 0) is 20.7 Å². The summed E-state index contributed by atoms with van der Waals surface area (Å²) in [6, 6.07) is 5.22. The standard InChI is InChI=1S/C18H24BFO4/c1-16(2)17(3,4)24-19(23-16)10-14(20)12-7-8-13-11-21-18(5,6)22-15(13)9-12/h7-10H,11H2,1-6H3/b14-10-. The van der Waals surface area contributed by atoms with Gasteiger partial charge in [0.25, 0.3) is 0 Å². The summed E-state index contributed by atoms with van der Waals surface area (Å²) in [6.45, 7) is 11.9. The Hall–Kier alpha value is -1.37. The summed E-state index contributed by atoms with van der Waals surface area (Å²) in [4.78, 5) is 0. The molecule has 1 aromatic rings. The number of ether oxygens (including phenoxy) is 2. The van der Waals surface area contributed by atoms with E-state index in [1.807, 2.05) is 47.6 Å². The highest BCUT2D eigenvalue weighted by atomic mass is 19.1. The van der Waals surface area contributed by atoms with E-state index in [0.29, 0.717) is 17.9 Å². The van der Waals surface area contributed by atoms with Crippen LogP contribution in [0.5, 0.6) is 5.75 Å². The molecule has 0 atom stereocenters. The van der Waals surface area contributed by atoms with Crippen LogP contribution in [0.2, 0.25) is 0 Å². The van der Waals surface area contributed by atoms with E-state index >= 15 is 0 Å². The van der Waals surface area contributed by atoms with Gasteiger partial charge in [0.2, 0.25) is 5.79 Å². The van der Waals surface area contributed by atoms with E-state index in [-0.39, 0.29) is 0 Å². The van der Waals surface area contributed by atoms with Crippen LogP contribution in [0.3, 0.4) is 0 Å². The lowest BCUT2D eigenvalue weighted by Gasteiger charge is -2.32. The van der Waals surface area contributed by atoms with Crippen molar-refractivity contribution in [1.82, 2.24) is 0 Å². The van der Waals surface area contributed by atoms with Crippen LogP contribution in [0.25, 0.3) is 5.83 Å². The smallest absolute Gasteiger partial charge is 0.463 e. The molecular weight excluding hydrogens is 310 g/mol. The molecule has 130 valence electrons. The normalized spacial score (nSPS) is 24.5. The molecule has 4 nitrogen and oxygen atoms in total.